The Morgan fingerprint density at radius 3 is 2.50 bits per heavy atom. The fourth-order valence-electron chi connectivity index (χ4n) is 2.84. The Balaban J connectivity index is 1.59. The maximum absolute atomic E-state index is 11.5. The summed E-state index contributed by atoms with van der Waals surface area (Å²) in [6.45, 7) is 0. The number of ether oxygens (including phenoxy) is 2. The van der Waals surface area contributed by atoms with Gasteiger partial charge in [-0.2, -0.15) is 0 Å². The number of fused-ring (bicyclic) bond motifs is 1. The van der Waals surface area contributed by atoms with Gasteiger partial charge in [-0.05, 0) is 55.3 Å². The smallest absolute Gasteiger partial charge is 0.262 e. The number of hydrogen-bond donors (Lipinski definition) is 1. The Bertz CT molecular complexity index is 957. The molecule has 1 saturated carbocycles. The summed E-state index contributed by atoms with van der Waals surface area (Å²) in [5.41, 5.74) is 1.50. The molecule has 0 saturated heterocycles. The van der Waals surface area contributed by atoms with Gasteiger partial charge in [0.1, 0.15) is 17.2 Å². The zero-order chi connectivity index (χ0) is 18.1. The van der Waals surface area contributed by atoms with Crippen LogP contribution in [0.25, 0.3) is 10.9 Å². The lowest BCUT2D eigenvalue weighted by atomic mass is 10.2. The molecule has 0 amide bonds. The fourth-order valence-corrected chi connectivity index (χ4v) is 3.61. The third-order valence-electron chi connectivity index (χ3n) is 4.28. The van der Waals surface area contributed by atoms with Crippen LogP contribution in [0.4, 0.5) is 5.69 Å². The SMILES string of the molecule is COc1ccc2c(Oc3ccc(N(C4CC4)S(=O)O)cc3)ccnc2c1. The van der Waals surface area contributed by atoms with Gasteiger partial charge in [-0.25, -0.2) is 4.21 Å². The Morgan fingerprint density at radius 1 is 1.12 bits per heavy atom. The average molecular weight is 370 g/mol. The van der Waals surface area contributed by atoms with E-state index in [1.165, 1.54) is 4.31 Å². The molecule has 1 atom stereocenters. The van der Waals surface area contributed by atoms with Crippen LogP contribution in [-0.2, 0) is 11.3 Å². The molecule has 0 aliphatic heterocycles. The molecule has 134 valence electrons. The lowest BCUT2D eigenvalue weighted by Crippen LogP contribution is -2.27. The zero-order valence-corrected chi connectivity index (χ0v) is 15.0. The highest BCUT2D eigenvalue weighted by Crippen LogP contribution is 2.35. The van der Waals surface area contributed by atoms with Gasteiger partial charge in [0.05, 0.1) is 18.3 Å². The molecule has 3 aromatic rings. The molecule has 1 heterocycles. The van der Waals surface area contributed by atoms with E-state index < -0.39 is 11.3 Å². The van der Waals surface area contributed by atoms with E-state index in [0.29, 0.717) is 17.2 Å². The molecule has 1 N–H and O–H groups in total. The van der Waals surface area contributed by atoms with Crippen LogP contribution in [0.5, 0.6) is 17.2 Å². The predicted octanol–water partition coefficient (Wildman–Crippen LogP) is 4.14. The number of benzene rings is 2. The quantitative estimate of drug-likeness (QED) is 0.660. The standard InChI is InChI=1S/C19H18N2O4S/c1-24-16-8-9-17-18(12-16)20-11-10-19(17)25-15-6-4-14(5-7-15)21(26(22)23)13-2-3-13/h4-13H,2-3H2,1H3,(H,22,23). The fraction of sp³-hybridized carbons (Fsp3) is 0.211. The van der Waals surface area contributed by atoms with Gasteiger partial charge in [0.25, 0.3) is 11.3 Å². The van der Waals surface area contributed by atoms with Crippen molar-refractivity contribution < 1.29 is 18.2 Å². The topological polar surface area (TPSA) is 71.9 Å². The maximum atomic E-state index is 11.5. The van der Waals surface area contributed by atoms with E-state index in [-0.39, 0.29) is 6.04 Å². The molecule has 1 fully saturated rings. The van der Waals surface area contributed by atoms with Gasteiger partial charge in [0.2, 0.25) is 0 Å². The Morgan fingerprint density at radius 2 is 1.85 bits per heavy atom. The van der Waals surface area contributed by atoms with Crippen LogP contribution in [0.15, 0.2) is 54.7 Å². The van der Waals surface area contributed by atoms with Crippen LogP contribution >= 0.6 is 0 Å². The highest BCUT2D eigenvalue weighted by Gasteiger charge is 2.32. The third-order valence-corrected chi connectivity index (χ3v) is 5.12. The number of methoxy groups -OCH3 is 1. The van der Waals surface area contributed by atoms with Crippen molar-refractivity contribution in [3.63, 3.8) is 0 Å². The lowest BCUT2D eigenvalue weighted by Gasteiger charge is -2.19. The van der Waals surface area contributed by atoms with Gasteiger partial charge < -0.3 is 9.47 Å². The van der Waals surface area contributed by atoms with Crippen LogP contribution in [0, 0.1) is 0 Å². The highest BCUT2D eigenvalue weighted by molar-refractivity contribution is 7.80. The van der Waals surface area contributed by atoms with Crippen molar-refractivity contribution in [3.05, 3.63) is 54.7 Å². The normalized spacial score (nSPS) is 14.8. The molecule has 0 bridgehead atoms. The largest absolute Gasteiger partial charge is 0.497 e. The van der Waals surface area contributed by atoms with Crippen molar-refractivity contribution in [2.24, 2.45) is 0 Å². The molecule has 6 nitrogen and oxygen atoms in total. The number of pyridine rings is 1. The van der Waals surface area contributed by atoms with E-state index in [2.05, 4.69) is 4.98 Å². The summed E-state index contributed by atoms with van der Waals surface area (Å²) < 4.78 is 33.8. The second-order valence-corrected chi connectivity index (χ2v) is 6.93. The molecular weight excluding hydrogens is 352 g/mol. The van der Waals surface area contributed by atoms with Crippen LogP contribution in [0.1, 0.15) is 12.8 Å². The van der Waals surface area contributed by atoms with Crippen molar-refractivity contribution in [3.8, 4) is 17.2 Å². The molecule has 1 aliphatic carbocycles. The summed E-state index contributed by atoms with van der Waals surface area (Å²) >= 11 is -2.02. The average Bonchev–Trinajstić information content (AvgIpc) is 3.47. The van der Waals surface area contributed by atoms with Crippen LogP contribution in [0.2, 0.25) is 0 Å². The molecule has 2 aromatic carbocycles. The molecule has 4 rings (SSSR count). The molecule has 0 radical (unpaired) electrons. The third kappa shape index (κ3) is 3.36. The first-order valence-corrected chi connectivity index (χ1v) is 9.33. The number of rotatable bonds is 6. The van der Waals surface area contributed by atoms with Crippen LogP contribution in [-0.4, -0.2) is 26.9 Å². The van der Waals surface area contributed by atoms with Gasteiger partial charge in [0.15, 0.2) is 0 Å². The first kappa shape index (κ1) is 16.8. The molecule has 1 aromatic heterocycles. The van der Waals surface area contributed by atoms with E-state index >= 15 is 0 Å². The van der Waals surface area contributed by atoms with Gasteiger partial charge in [-0.1, -0.05) is 0 Å². The second kappa shape index (κ2) is 6.93. The van der Waals surface area contributed by atoms with Crippen molar-refractivity contribution >= 4 is 27.9 Å². The minimum absolute atomic E-state index is 0.145. The van der Waals surface area contributed by atoms with E-state index in [1.807, 2.05) is 24.3 Å². The van der Waals surface area contributed by atoms with E-state index in [9.17, 15) is 8.76 Å². The number of nitrogens with zero attached hydrogens (tertiary/aromatic N) is 2. The Labute approximate surface area is 153 Å². The number of aromatic nitrogens is 1. The Kier molecular flexibility index (Phi) is 4.48. The summed E-state index contributed by atoms with van der Waals surface area (Å²) in [4.78, 5) is 4.35. The van der Waals surface area contributed by atoms with Crippen LogP contribution < -0.4 is 13.8 Å². The van der Waals surface area contributed by atoms with E-state index in [4.69, 9.17) is 9.47 Å². The monoisotopic (exact) mass is 370 g/mol. The van der Waals surface area contributed by atoms with Gasteiger partial charge in [0, 0.05) is 23.7 Å². The first-order chi connectivity index (χ1) is 12.7. The lowest BCUT2D eigenvalue weighted by molar-refractivity contribution is 0.415. The summed E-state index contributed by atoms with van der Waals surface area (Å²) in [6.07, 6.45) is 3.57. The zero-order valence-electron chi connectivity index (χ0n) is 14.2. The van der Waals surface area contributed by atoms with Gasteiger partial charge in [-0.15, -0.1) is 0 Å². The van der Waals surface area contributed by atoms with Gasteiger partial charge >= 0.3 is 0 Å². The van der Waals surface area contributed by atoms with Crippen LogP contribution in [0.3, 0.4) is 0 Å². The van der Waals surface area contributed by atoms with E-state index in [1.54, 1.807) is 37.6 Å². The second-order valence-electron chi connectivity index (χ2n) is 6.08. The molecule has 1 unspecified atom stereocenters. The molecule has 0 spiro atoms. The molecule has 1 aliphatic rings. The highest BCUT2D eigenvalue weighted by atomic mass is 32.2. The van der Waals surface area contributed by atoms with Crippen molar-refractivity contribution in [1.29, 1.82) is 0 Å². The molecule has 7 heteroatoms. The predicted molar refractivity (Wildman–Crippen MR) is 101 cm³/mol. The number of hydrogen-bond acceptors (Lipinski definition) is 4. The maximum Gasteiger partial charge on any atom is 0.262 e. The summed E-state index contributed by atoms with van der Waals surface area (Å²) in [5.74, 6) is 2.08. The van der Waals surface area contributed by atoms with Crippen molar-refractivity contribution in [2.75, 3.05) is 11.4 Å². The number of anilines is 1. The molecular formula is C19H18N2O4S. The summed E-state index contributed by atoms with van der Waals surface area (Å²) in [5, 5.41) is 0.883. The Hall–Kier alpha value is -2.64. The molecule has 26 heavy (non-hydrogen) atoms. The minimum Gasteiger partial charge on any atom is -0.497 e. The first-order valence-electron chi connectivity index (χ1n) is 8.26. The summed E-state index contributed by atoms with van der Waals surface area (Å²) in [7, 11) is 1.62. The minimum atomic E-state index is -2.02. The van der Waals surface area contributed by atoms with E-state index in [0.717, 1.165) is 29.5 Å². The summed E-state index contributed by atoms with van der Waals surface area (Å²) in [6, 6.07) is 14.8. The van der Waals surface area contributed by atoms with Gasteiger partial charge in [-0.3, -0.25) is 13.8 Å². The van der Waals surface area contributed by atoms with Crippen molar-refractivity contribution in [2.45, 2.75) is 18.9 Å². The van der Waals surface area contributed by atoms with Crippen molar-refractivity contribution in [1.82, 2.24) is 4.98 Å².